The van der Waals surface area contributed by atoms with Gasteiger partial charge in [-0.05, 0) is 28.1 Å². The summed E-state index contributed by atoms with van der Waals surface area (Å²) in [5.74, 6) is 1.16. The standard InChI is InChI=1S/C10H13BrFNO2/c1-14-9-4-7(11)10(15-2)3-6(9)8(13)5-12/h3-4,8H,5,13H2,1-2H3/t8-/m0/s1. The van der Waals surface area contributed by atoms with Crippen LogP contribution in [0, 0.1) is 0 Å². The zero-order valence-electron chi connectivity index (χ0n) is 8.59. The van der Waals surface area contributed by atoms with Crippen molar-refractivity contribution in [2.24, 2.45) is 5.73 Å². The first kappa shape index (κ1) is 12.3. The van der Waals surface area contributed by atoms with Gasteiger partial charge in [0.2, 0.25) is 0 Å². The Bertz CT molecular complexity index is 346. The third-order valence-electron chi connectivity index (χ3n) is 2.07. The molecule has 1 rings (SSSR count). The highest BCUT2D eigenvalue weighted by molar-refractivity contribution is 9.10. The van der Waals surface area contributed by atoms with E-state index in [1.165, 1.54) is 14.2 Å². The van der Waals surface area contributed by atoms with Crippen molar-refractivity contribution in [3.8, 4) is 11.5 Å². The summed E-state index contributed by atoms with van der Waals surface area (Å²) in [6, 6.07) is 2.69. The van der Waals surface area contributed by atoms with Crippen LogP contribution in [0.25, 0.3) is 0 Å². The van der Waals surface area contributed by atoms with Crippen LogP contribution < -0.4 is 15.2 Å². The van der Waals surface area contributed by atoms with E-state index in [9.17, 15) is 4.39 Å². The third kappa shape index (κ3) is 2.60. The summed E-state index contributed by atoms with van der Waals surface area (Å²) in [6.45, 7) is -0.638. The van der Waals surface area contributed by atoms with Crippen molar-refractivity contribution in [2.75, 3.05) is 20.9 Å². The zero-order chi connectivity index (χ0) is 11.4. The maximum absolute atomic E-state index is 12.5. The van der Waals surface area contributed by atoms with Gasteiger partial charge in [0.25, 0.3) is 0 Å². The number of hydrogen-bond donors (Lipinski definition) is 1. The number of alkyl halides is 1. The highest BCUT2D eigenvalue weighted by Gasteiger charge is 2.15. The maximum atomic E-state index is 12.5. The number of hydrogen-bond acceptors (Lipinski definition) is 3. The van der Waals surface area contributed by atoms with Gasteiger partial charge in [0.05, 0.1) is 24.7 Å². The van der Waals surface area contributed by atoms with Crippen molar-refractivity contribution in [2.45, 2.75) is 6.04 Å². The summed E-state index contributed by atoms with van der Waals surface area (Å²) in [7, 11) is 3.06. The Balaban J connectivity index is 3.22. The molecule has 15 heavy (non-hydrogen) atoms. The number of ether oxygens (including phenoxy) is 2. The summed E-state index contributed by atoms with van der Waals surface area (Å²) < 4.78 is 23.5. The van der Waals surface area contributed by atoms with E-state index in [2.05, 4.69) is 15.9 Å². The quantitative estimate of drug-likeness (QED) is 0.920. The molecule has 0 heterocycles. The smallest absolute Gasteiger partial charge is 0.133 e. The highest BCUT2D eigenvalue weighted by Crippen LogP contribution is 2.35. The Kier molecular flexibility index (Phi) is 4.35. The average molecular weight is 278 g/mol. The van der Waals surface area contributed by atoms with Crippen LogP contribution in [0.2, 0.25) is 0 Å². The first-order chi connectivity index (χ1) is 7.13. The van der Waals surface area contributed by atoms with E-state index in [0.29, 0.717) is 17.1 Å². The average Bonchev–Trinajstić information content (AvgIpc) is 2.27. The van der Waals surface area contributed by atoms with Crippen LogP contribution in [0.1, 0.15) is 11.6 Å². The second-order valence-corrected chi connectivity index (χ2v) is 3.84. The molecule has 0 fully saturated rings. The second-order valence-electron chi connectivity index (χ2n) is 2.99. The van der Waals surface area contributed by atoms with Crippen molar-refractivity contribution in [3.63, 3.8) is 0 Å². The molecule has 2 N–H and O–H groups in total. The van der Waals surface area contributed by atoms with Crippen molar-refractivity contribution in [1.82, 2.24) is 0 Å². The fourth-order valence-corrected chi connectivity index (χ4v) is 1.74. The van der Waals surface area contributed by atoms with Crippen LogP contribution >= 0.6 is 15.9 Å². The van der Waals surface area contributed by atoms with Gasteiger partial charge in [-0.25, -0.2) is 4.39 Å². The van der Waals surface area contributed by atoms with Gasteiger partial charge in [-0.2, -0.15) is 0 Å². The molecule has 1 atom stereocenters. The van der Waals surface area contributed by atoms with Crippen LogP contribution in [0.4, 0.5) is 4.39 Å². The van der Waals surface area contributed by atoms with Gasteiger partial charge in [-0.1, -0.05) is 0 Å². The monoisotopic (exact) mass is 277 g/mol. The summed E-state index contributed by atoms with van der Waals surface area (Å²) >= 11 is 3.31. The molecule has 0 unspecified atom stereocenters. The number of halogens is 2. The Morgan fingerprint density at radius 3 is 2.40 bits per heavy atom. The van der Waals surface area contributed by atoms with Gasteiger partial charge in [-0.15, -0.1) is 0 Å². The predicted molar refractivity (Wildman–Crippen MR) is 60.1 cm³/mol. The number of benzene rings is 1. The minimum absolute atomic E-state index is 0.549. The largest absolute Gasteiger partial charge is 0.496 e. The molecular formula is C10H13BrFNO2. The summed E-state index contributed by atoms with van der Waals surface area (Å²) in [4.78, 5) is 0. The number of methoxy groups -OCH3 is 2. The molecule has 1 aromatic carbocycles. The van der Waals surface area contributed by atoms with Crippen molar-refractivity contribution in [3.05, 3.63) is 22.2 Å². The molecule has 3 nitrogen and oxygen atoms in total. The van der Waals surface area contributed by atoms with Crippen molar-refractivity contribution >= 4 is 15.9 Å². The SMILES string of the molecule is COc1cc([C@@H](N)CF)c(OC)cc1Br. The van der Waals surface area contributed by atoms with Gasteiger partial charge in [0, 0.05) is 5.56 Å². The van der Waals surface area contributed by atoms with E-state index in [-0.39, 0.29) is 0 Å². The van der Waals surface area contributed by atoms with Crippen LogP contribution in [0.5, 0.6) is 11.5 Å². The molecule has 5 heteroatoms. The molecule has 1 aromatic rings. The summed E-state index contributed by atoms with van der Waals surface area (Å²) in [5.41, 5.74) is 6.22. The molecule has 0 aliphatic heterocycles. The van der Waals surface area contributed by atoms with Gasteiger partial charge >= 0.3 is 0 Å². The van der Waals surface area contributed by atoms with E-state index in [1.54, 1.807) is 12.1 Å². The molecule has 0 aliphatic rings. The van der Waals surface area contributed by atoms with Crippen LogP contribution in [-0.2, 0) is 0 Å². The lowest BCUT2D eigenvalue weighted by atomic mass is 10.1. The second kappa shape index (κ2) is 5.32. The van der Waals surface area contributed by atoms with Crippen LogP contribution in [-0.4, -0.2) is 20.9 Å². The Labute approximate surface area is 96.5 Å². The third-order valence-corrected chi connectivity index (χ3v) is 2.69. The van der Waals surface area contributed by atoms with Crippen molar-refractivity contribution in [1.29, 1.82) is 0 Å². The minimum Gasteiger partial charge on any atom is -0.496 e. The Hall–Kier alpha value is -0.810. The predicted octanol–water partition coefficient (Wildman–Crippen LogP) is 2.44. The Morgan fingerprint density at radius 1 is 1.33 bits per heavy atom. The lowest BCUT2D eigenvalue weighted by molar-refractivity contribution is 0.380. The molecule has 0 radical (unpaired) electrons. The van der Waals surface area contributed by atoms with Crippen molar-refractivity contribution < 1.29 is 13.9 Å². The minimum atomic E-state index is -0.693. The summed E-state index contributed by atoms with van der Waals surface area (Å²) in [6.07, 6.45) is 0. The van der Waals surface area contributed by atoms with E-state index in [4.69, 9.17) is 15.2 Å². The van der Waals surface area contributed by atoms with Gasteiger partial charge in [-0.3, -0.25) is 0 Å². The lowest BCUT2D eigenvalue weighted by Gasteiger charge is -2.15. The molecular weight excluding hydrogens is 265 g/mol. The van der Waals surface area contributed by atoms with Gasteiger partial charge in [0.1, 0.15) is 18.2 Å². The molecule has 0 spiro atoms. The van der Waals surface area contributed by atoms with E-state index < -0.39 is 12.7 Å². The van der Waals surface area contributed by atoms with Crippen LogP contribution in [0.15, 0.2) is 16.6 Å². The molecule has 0 saturated carbocycles. The zero-order valence-corrected chi connectivity index (χ0v) is 10.2. The van der Waals surface area contributed by atoms with Crippen LogP contribution in [0.3, 0.4) is 0 Å². The Morgan fingerprint density at radius 2 is 1.93 bits per heavy atom. The van der Waals surface area contributed by atoms with E-state index in [0.717, 1.165) is 4.47 Å². The molecule has 0 aliphatic carbocycles. The normalized spacial score (nSPS) is 12.3. The number of rotatable bonds is 4. The molecule has 0 amide bonds. The first-order valence-corrected chi connectivity index (χ1v) is 5.16. The van der Waals surface area contributed by atoms with E-state index in [1.807, 2.05) is 0 Å². The molecule has 0 aromatic heterocycles. The molecule has 0 saturated heterocycles. The molecule has 0 bridgehead atoms. The number of nitrogens with two attached hydrogens (primary N) is 1. The lowest BCUT2D eigenvalue weighted by Crippen LogP contribution is -2.13. The first-order valence-electron chi connectivity index (χ1n) is 4.37. The summed E-state index contributed by atoms with van der Waals surface area (Å²) in [5, 5.41) is 0. The fourth-order valence-electron chi connectivity index (χ4n) is 1.26. The van der Waals surface area contributed by atoms with Gasteiger partial charge in [0.15, 0.2) is 0 Å². The fraction of sp³-hybridized carbons (Fsp3) is 0.400. The van der Waals surface area contributed by atoms with E-state index >= 15 is 0 Å². The molecule has 84 valence electrons. The highest BCUT2D eigenvalue weighted by atomic mass is 79.9. The maximum Gasteiger partial charge on any atom is 0.133 e. The van der Waals surface area contributed by atoms with Gasteiger partial charge < -0.3 is 15.2 Å². The topological polar surface area (TPSA) is 44.5 Å².